The predicted molar refractivity (Wildman–Crippen MR) is 79.8 cm³/mol. The fourth-order valence-electron chi connectivity index (χ4n) is 2.24. The van der Waals surface area contributed by atoms with Crippen LogP contribution < -0.4 is 5.32 Å². The molecule has 1 atom stereocenters. The summed E-state index contributed by atoms with van der Waals surface area (Å²) >= 11 is 0. The van der Waals surface area contributed by atoms with E-state index in [4.69, 9.17) is 13.9 Å². The van der Waals surface area contributed by atoms with E-state index in [1.54, 1.807) is 14.2 Å². The van der Waals surface area contributed by atoms with Gasteiger partial charge in [0.05, 0.1) is 19.8 Å². The third-order valence-electron chi connectivity index (χ3n) is 3.41. The van der Waals surface area contributed by atoms with Crippen molar-refractivity contribution in [2.75, 3.05) is 41.0 Å². The fourth-order valence-corrected chi connectivity index (χ4v) is 2.24. The Morgan fingerprint density at radius 3 is 2.70 bits per heavy atom. The van der Waals surface area contributed by atoms with E-state index in [2.05, 4.69) is 23.2 Å². The summed E-state index contributed by atoms with van der Waals surface area (Å²) in [4.78, 5) is 2.31. The summed E-state index contributed by atoms with van der Waals surface area (Å²) in [6, 6.07) is 2.46. The molecule has 0 saturated carbocycles. The first kappa shape index (κ1) is 17.2. The quantitative estimate of drug-likeness (QED) is 0.710. The maximum absolute atomic E-state index is 5.84. The minimum absolute atomic E-state index is 0.327. The second-order valence-electron chi connectivity index (χ2n) is 5.09. The van der Waals surface area contributed by atoms with Crippen LogP contribution in [0.3, 0.4) is 0 Å². The zero-order valence-corrected chi connectivity index (χ0v) is 13.4. The van der Waals surface area contributed by atoms with Crippen molar-refractivity contribution in [3.63, 3.8) is 0 Å². The number of hydrogen-bond donors (Lipinski definition) is 1. The molecule has 116 valence electrons. The smallest absolute Gasteiger partial charge is 0.118 e. The molecule has 1 N–H and O–H groups in total. The summed E-state index contributed by atoms with van der Waals surface area (Å²) in [7, 11) is 5.39. The first-order valence-corrected chi connectivity index (χ1v) is 7.07. The fraction of sp³-hybridized carbons (Fsp3) is 0.733. The number of nitrogens with zero attached hydrogens (tertiary/aromatic N) is 1. The van der Waals surface area contributed by atoms with E-state index in [-0.39, 0.29) is 0 Å². The van der Waals surface area contributed by atoms with E-state index < -0.39 is 0 Å². The molecule has 0 radical (unpaired) electrons. The molecule has 0 aliphatic carbocycles. The highest BCUT2D eigenvalue weighted by Crippen LogP contribution is 2.17. The maximum atomic E-state index is 5.84. The zero-order valence-electron chi connectivity index (χ0n) is 13.4. The lowest BCUT2D eigenvalue weighted by Crippen LogP contribution is -2.37. The lowest BCUT2D eigenvalue weighted by Gasteiger charge is -2.27. The summed E-state index contributed by atoms with van der Waals surface area (Å²) in [5, 5.41) is 3.16. The number of hydrogen-bond acceptors (Lipinski definition) is 5. The molecule has 0 saturated heterocycles. The van der Waals surface area contributed by atoms with E-state index >= 15 is 0 Å². The van der Waals surface area contributed by atoms with Crippen LogP contribution >= 0.6 is 0 Å². The molecule has 0 bridgehead atoms. The van der Waals surface area contributed by atoms with Crippen LogP contribution in [0.25, 0.3) is 0 Å². The Labute approximate surface area is 122 Å². The second-order valence-corrected chi connectivity index (χ2v) is 5.09. The van der Waals surface area contributed by atoms with Crippen LogP contribution in [0, 0.1) is 6.92 Å². The summed E-state index contributed by atoms with van der Waals surface area (Å²) < 4.78 is 16.3. The summed E-state index contributed by atoms with van der Waals surface area (Å²) in [6.07, 6.45) is 0. The Balaban J connectivity index is 2.69. The standard InChI is InChI=1S/C15H28N2O3/c1-12(11-19-5)17(6-7-18-4)10-15-8-14(9-16-3)13(2)20-15/h8,12,16H,6-7,9-11H2,1-5H3. The lowest BCUT2D eigenvalue weighted by molar-refractivity contribution is 0.0662. The van der Waals surface area contributed by atoms with Crippen molar-refractivity contribution in [2.24, 2.45) is 0 Å². The molecule has 0 aliphatic rings. The Hall–Kier alpha value is -0.880. The molecular formula is C15H28N2O3. The van der Waals surface area contributed by atoms with Crippen molar-refractivity contribution in [1.29, 1.82) is 0 Å². The van der Waals surface area contributed by atoms with Gasteiger partial charge in [0.15, 0.2) is 0 Å². The first-order chi connectivity index (χ1) is 9.62. The Morgan fingerprint density at radius 2 is 2.10 bits per heavy atom. The number of methoxy groups -OCH3 is 2. The Kier molecular flexibility index (Phi) is 7.84. The van der Waals surface area contributed by atoms with Crippen LogP contribution in [0.1, 0.15) is 24.0 Å². The van der Waals surface area contributed by atoms with Gasteiger partial charge in [0, 0.05) is 38.9 Å². The largest absolute Gasteiger partial charge is 0.465 e. The molecule has 0 aromatic carbocycles. The van der Waals surface area contributed by atoms with Crippen molar-refractivity contribution in [3.05, 3.63) is 23.2 Å². The van der Waals surface area contributed by atoms with Gasteiger partial charge in [-0.3, -0.25) is 4.90 Å². The van der Waals surface area contributed by atoms with Gasteiger partial charge in [-0.1, -0.05) is 0 Å². The minimum Gasteiger partial charge on any atom is -0.465 e. The highest BCUT2D eigenvalue weighted by molar-refractivity contribution is 5.20. The van der Waals surface area contributed by atoms with Gasteiger partial charge in [-0.15, -0.1) is 0 Å². The lowest BCUT2D eigenvalue weighted by atomic mass is 10.2. The van der Waals surface area contributed by atoms with Crippen molar-refractivity contribution >= 4 is 0 Å². The van der Waals surface area contributed by atoms with E-state index in [0.717, 1.165) is 31.2 Å². The van der Waals surface area contributed by atoms with E-state index in [1.165, 1.54) is 5.56 Å². The Morgan fingerprint density at radius 1 is 1.35 bits per heavy atom. The van der Waals surface area contributed by atoms with Crippen molar-refractivity contribution in [1.82, 2.24) is 10.2 Å². The summed E-state index contributed by atoms with van der Waals surface area (Å²) in [5.74, 6) is 1.98. The van der Waals surface area contributed by atoms with Gasteiger partial charge in [-0.25, -0.2) is 0 Å². The van der Waals surface area contributed by atoms with Gasteiger partial charge in [-0.05, 0) is 27.0 Å². The maximum Gasteiger partial charge on any atom is 0.118 e. The summed E-state index contributed by atoms with van der Waals surface area (Å²) in [6.45, 7) is 8.04. The normalized spacial score (nSPS) is 13.1. The van der Waals surface area contributed by atoms with Crippen LogP contribution in [-0.2, 0) is 22.6 Å². The van der Waals surface area contributed by atoms with Crippen LogP contribution in [-0.4, -0.2) is 52.0 Å². The van der Waals surface area contributed by atoms with Gasteiger partial charge >= 0.3 is 0 Å². The second kappa shape index (κ2) is 9.13. The first-order valence-electron chi connectivity index (χ1n) is 7.07. The van der Waals surface area contributed by atoms with Crippen molar-refractivity contribution in [2.45, 2.75) is 33.0 Å². The average molecular weight is 284 g/mol. The third kappa shape index (κ3) is 5.25. The van der Waals surface area contributed by atoms with Crippen LogP contribution in [0.5, 0.6) is 0 Å². The SMILES string of the molecule is CNCc1cc(CN(CCOC)C(C)COC)oc1C. The van der Waals surface area contributed by atoms with Gasteiger partial charge in [0.1, 0.15) is 11.5 Å². The number of aryl methyl sites for hydroxylation is 1. The molecule has 0 amide bonds. The molecule has 1 heterocycles. The van der Waals surface area contributed by atoms with Crippen molar-refractivity contribution < 1.29 is 13.9 Å². The number of furan rings is 1. The Bertz CT molecular complexity index is 379. The highest BCUT2D eigenvalue weighted by Gasteiger charge is 2.17. The molecule has 20 heavy (non-hydrogen) atoms. The van der Waals surface area contributed by atoms with E-state index in [1.807, 2.05) is 14.0 Å². The molecule has 0 fully saturated rings. The molecule has 5 heteroatoms. The zero-order chi connectivity index (χ0) is 15.0. The van der Waals surface area contributed by atoms with Gasteiger partial charge in [0.2, 0.25) is 0 Å². The number of rotatable bonds is 10. The highest BCUT2D eigenvalue weighted by atomic mass is 16.5. The molecule has 0 aliphatic heterocycles. The molecule has 1 aromatic rings. The van der Waals surface area contributed by atoms with Crippen molar-refractivity contribution in [3.8, 4) is 0 Å². The minimum atomic E-state index is 0.327. The monoisotopic (exact) mass is 284 g/mol. The predicted octanol–water partition coefficient (Wildman–Crippen LogP) is 1.79. The molecule has 1 rings (SSSR count). The molecule has 5 nitrogen and oxygen atoms in total. The van der Waals surface area contributed by atoms with Crippen LogP contribution in [0.15, 0.2) is 10.5 Å². The van der Waals surface area contributed by atoms with Crippen LogP contribution in [0.4, 0.5) is 0 Å². The van der Waals surface area contributed by atoms with Gasteiger partial charge in [-0.2, -0.15) is 0 Å². The summed E-state index contributed by atoms with van der Waals surface area (Å²) in [5.41, 5.74) is 1.22. The molecule has 1 unspecified atom stereocenters. The molecular weight excluding hydrogens is 256 g/mol. The van der Waals surface area contributed by atoms with Gasteiger partial charge < -0.3 is 19.2 Å². The average Bonchev–Trinajstić information content (AvgIpc) is 2.75. The molecule has 0 spiro atoms. The van der Waals surface area contributed by atoms with E-state index in [9.17, 15) is 0 Å². The van der Waals surface area contributed by atoms with Gasteiger partial charge in [0.25, 0.3) is 0 Å². The topological polar surface area (TPSA) is 46.9 Å². The van der Waals surface area contributed by atoms with Crippen LogP contribution in [0.2, 0.25) is 0 Å². The van der Waals surface area contributed by atoms with E-state index in [0.29, 0.717) is 19.3 Å². The number of nitrogens with one attached hydrogen (secondary N) is 1. The number of ether oxygens (including phenoxy) is 2. The third-order valence-corrected chi connectivity index (χ3v) is 3.41. The molecule has 1 aromatic heterocycles.